The van der Waals surface area contributed by atoms with Crippen LogP contribution in [0.5, 0.6) is 0 Å². The molecule has 1 aromatic carbocycles. The first-order valence-corrected chi connectivity index (χ1v) is 6.89. The van der Waals surface area contributed by atoms with Gasteiger partial charge in [0.15, 0.2) is 0 Å². The molecule has 0 N–H and O–H groups in total. The molecule has 1 aromatic heterocycles. The first-order valence-electron chi connectivity index (χ1n) is 6.89. The third-order valence-electron chi connectivity index (χ3n) is 3.52. The maximum Gasteiger partial charge on any atom is 0.138 e. The van der Waals surface area contributed by atoms with E-state index in [9.17, 15) is 0 Å². The zero-order chi connectivity index (χ0) is 12.4. The van der Waals surface area contributed by atoms with Crippen molar-refractivity contribution in [3.05, 3.63) is 35.6 Å². The minimum absolute atomic E-state index is 0.921. The average molecular weight is 241 g/mol. The van der Waals surface area contributed by atoms with Gasteiger partial charge in [-0.25, -0.2) is 4.98 Å². The number of hydrogen-bond donors (Lipinski definition) is 0. The first-order chi connectivity index (χ1) is 8.90. The van der Waals surface area contributed by atoms with Crippen molar-refractivity contribution in [1.29, 1.82) is 0 Å². The van der Waals surface area contributed by atoms with E-state index in [0.29, 0.717) is 0 Å². The van der Waals surface area contributed by atoms with Crippen LogP contribution >= 0.6 is 0 Å². The van der Waals surface area contributed by atoms with Gasteiger partial charge in [-0.3, -0.25) is 4.99 Å². The summed E-state index contributed by atoms with van der Waals surface area (Å²) in [4.78, 5) is 9.57. The van der Waals surface area contributed by atoms with Crippen LogP contribution in [0.15, 0.2) is 29.3 Å². The van der Waals surface area contributed by atoms with Gasteiger partial charge in [-0.15, -0.1) is 0 Å². The largest absolute Gasteiger partial charge is 0.314 e. The highest BCUT2D eigenvalue weighted by Gasteiger charge is 2.14. The van der Waals surface area contributed by atoms with Gasteiger partial charge in [-0.1, -0.05) is 25.5 Å². The summed E-state index contributed by atoms with van der Waals surface area (Å²) in [6, 6.07) is 8.36. The zero-order valence-electron chi connectivity index (χ0n) is 10.9. The molecule has 0 amide bonds. The lowest BCUT2D eigenvalue weighted by atomic mass is 10.2. The van der Waals surface area contributed by atoms with Crippen molar-refractivity contribution < 1.29 is 0 Å². The van der Waals surface area contributed by atoms with E-state index in [1.165, 1.54) is 24.1 Å². The number of rotatable bonds is 3. The molecule has 1 aliphatic rings. The second-order valence-corrected chi connectivity index (χ2v) is 4.86. The lowest BCUT2D eigenvalue weighted by Crippen LogP contribution is -2.23. The van der Waals surface area contributed by atoms with E-state index in [2.05, 4.69) is 35.8 Å². The standard InChI is InChI=1S/C15H19N3/c1-2-3-10-16-15-12-7-4-5-8-13(12)17-14-9-6-11-18(14)15/h4-5,7-8H,2-3,6,9-11H2,1H3. The predicted molar refractivity (Wildman–Crippen MR) is 73.4 cm³/mol. The van der Waals surface area contributed by atoms with Gasteiger partial charge in [0.25, 0.3) is 0 Å². The van der Waals surface area contributed by atoms with E-state index in [0.717, 1.165) is 36.9 Å². The minimum Gasteiger partial charge on any atom is -0.314 e. The fraction of sp³-hybridized carbons (Fsp3) is 0.467. The molecule has 3 heteroatoms. The van der Waals surface area contributed by atoms with Gasteiger partial charge < -0.3 is 4.57 Å². The number of benzene rings is 1. The Labute approximate surface area is 107 Å². The molecular weight excluding hydrogens is 222 g/mol. The molecule has 0 saturated heterocycles. The van der Waals surface area contributed by atoms with Crippen LogP contribution in [-0.2, 0) is 13.0 Å². The Morgan fingerprint density at radius 2 is 2.22 bits per heavy atom. The Morgan fingerprint density at radius 1 is 1.33 bits per heavy atom. The highest BCUT2D eigenvalue weighted by molar-refractivity contribution is 5.77. The van der Waals surface area contributed by atoms with Crippen LogP contribution in [0.1, 0.15) is 32.0 Å². The number of fused-ring (bicyclic) bond motifs is 2. The lowest BCUT2D eigenvalue weighted by Gasteiger charge is -2.08. The van der Waals surface area contributed by atoms with Crippen LogP contribution in [0, 0.1) is 0 Å². The molecule has 1 aliphatic heterocycles. The minimum atomic E-state index is 0.921. The summed E-state index contributed by atoms with van der Waals surface area (Å²) >= 11 is 0. The molecule has 94 valence electrons. The second-order valence-electron chi connectivity index (χ2n) is 4.86. The highest BCUT2D eigenvalue weighted by atomic mass is 15.1. The number of hydrogen-bond acceptors (Lipinski definition) is 2. The number of aryl methyl sites for hydroxylation is 1. The number of aromatic nitrogens is 2. The van der Waals surface area contributed by atoms with Crippen molar-refractivity contribution in [3.8, 4) is 0 Å². The van der Waals surface area contributed by atoms with E-state index < -0.39 is 0 Å². The average Bonchev–Trinajstić information content (AvgIpc) is 2.86. The van der Waals surface area contributed by atoms with Crippen LogP contribution in [0.4, 0.5) is 0 Å². The molecule has 0 fully saturated rings. The Balaban J connectivity index is 2.22. The van der Waals surface area contributed by atoms with Crippen molar-refractivity contribution in [2.75, 3.05) is 6.54 Å². The Kier molecular flexibility index (Phi) is 3.13. The van der Waals surface area contributed by atoms with E-state index in [4.69, 9.17) is 9.98 Å². The summed E-state index contributed by atoms with van der Waals surface area (Å²) in [6.07, 6.45) is 4.63. The number of para-hydroxylation sites is 1. The monoisotopic (exact) mass is 241 g/mol. The topological polar surface area (TPSA) is 30.2 Å². The molecular formula is C15H19N3. The molecule has 0 saturated carbocycles. The van der Waals surface area contributed by atoms with Gasteiger partial charge >= 0.3 is 0 Å². The van der Waals surface area contributed by atoms with Gasteiger partial charge in [0.2, 0.25) is 0 Å². The summed E-state index contributed by atoms with van der Waals surface area (Å²) in [5.41, 5.74) is 2.22. The molecule has 18 heavy (non-hydrogen) atoms. The van der Waals surface area contributed by atoms with Crippen molar-refractivity contribution in [3.63, 3.8) is 0 Å². The SMILES string of the molecule is CCCCN=c1c2ccccc2nc2n1CCC2. The molecule has 3 nitrogen and oxygen atoms in total. The molecule has 0 radical (unpaired) electrons. The molecule has 0 atom stereocenters. The fourth-order valence-corrected chi connectivity index (χ4v) is 2.56. The third kappa shape index (κ3) is 1.94. The molecule has 3 rings (SSSR count). The second kappa shape index (κ2) is 4.92. The van der Waals surface area contributed by atoms with Gasteiger partial charge in [0.05, 0.1) is 5.52 Å². The molecule has 0 spiro atoms. The summed E-state index contributed by atoms with van der Waals surface area (Å²) < 4.78 is 2.30. The van der Waals surface area contributed by atoms with Crippen LogP contribution in [0.25, 0.3) is 10.9 Å². The van der Waals surface area contributed by atoms with Crippen LogP contribution in [0.2, 0.25) is 0 Å². The molecule has 0 aliphatic carbocycles. The molecule has 0 bridgehead atoms. The lowest BCUT2D eigenvalue weighted by molar-refractivity contribution is 0.686. The summed E-state index contributed by atoms with van der Waals surface area (Å²) in [6.45, 7) is 4.19. The van der Waals surface area contributed by atoms with Gasteiger partial charge in [0.1, 0.15) is 11.3 Å². The quantitative estimate of drug-likeness (QED) is 0.760. The maximum absolute atomic E-state index is 4.82. The molecule has 0 unspecified atom stereocenters. The van der Waals surface area contributed by atoms with Crippen molar-refractivity contribution in [2.45, 2.75) is 39.2 Å². The fourth-order valence-electron chi connectivity index (χ4n) is 2.56. The van der Waals surface area contributed by atoms with E-state index in [1.54, 1.807) is 0 Å². The number of unbranched alkanes of at least 4 members (excludes halogenated alkanes) is 1. The Hall–Kier alpha value is -1.64. The summed E-state index contributed by atoms with van der Waals surface area (Å²) in [5.74, 6) is 1.20. The van der Waals surface area contributed by atoms with Gasteiger partial charge in [-0.05, 0) is 25.0 Å². The summed E-state index contributed by atoms with van der Waals surface area (Å²) in [5, 5.41) is 1.19. The Morgan fingerprint density at radius 3 is 3.11 bits per heavy atom. The van der Waals surface area contributed by atoms with Crippen molar-refractivity contribution in [1.82, 2.24) is 9.55 Å². The smallest absolute Gasteiger partial charge is 0.138 e. The predicted octanol–water partition coefficient (Wildman–Crippen LogP) is 2.68. The van der Waals surface area contributed by atoms with Crippen LogP contribution in [-0.4, -0.2) is 16.1 Å². The molecule has 2 aromatic rings. The van der Waals surface area contributed by atoms with Gasteiger partial charge in [-0.2, -0.15) is 0 Å². The van der Waals surface area contributed by atoms with E-state index in [1.807, 2.05) is 0 Å². The maximum atomic E-state index is 4.82. The molecule has 2 heterocycles. The Bertz CT molecular complexity index is 625. The summed E-state index contributed by atoms with van der Waals surface area (Å²) in [7, 11) is 0. The van der Waals surface area contributed by atoms with Crippen molar-refractivity contribution >= 4 is 10.9 Å². The normalized spacial score (nSPS) is 15.3. The highest BCUT2D eigenvalue weighted by Crippen LogP contribution is 2.14. The first kappa shape index (κ1) is 11.5. The number of nitrogens with zero attached hydrogens (tertiary/aromatic N) is 3. The van der Waals surface area contributed by atoms with E-state index in [-0.39, 0.29) is 0 Å². The van der Waals surface area contributed by atoms with Gasteiger partial charge in [0, 0.05) is 24.9 Å². The third-order valence-corrected chi connectivity index (χ3v) is 3.52. The van der Waals surface area contributed by atoms with Crippen LogP contribution < -0.4 is 5.49 Å². The van der Waals surface area contributed by atoms with E-state index >= 15 is 0 Å². The van der Waals surface area contributed by atoms with Crippen LogP contribution in [0.3, 0.4) is 0 Å². The van der Waals surface area contributed by atoms with Crippen molar-refractivity contribution in [2.24, 2.45) is 4.99 Å². The zero-order valence-corrected chi connectivity index (χ0v) is 10.9.